The predicted molar refractivity (Wildman–Crippen MR) is 104 cm³/mol. The second kappa shape index (κ2) is 7.88. The number of thiazole rings is 1. The van der Waals surface area contributed by atoms with Crippen LogP contribution in [0.1, 0.15) is 16.1 Å². The summed E-state index contributed by atoms with van der Waals surface area (Å²) in [5.74, 6) is 1.02. The van der Waals surface area contributed by atoms with Gasteiger partial charge in [0.05, 0.1) is 14.2 Å². The molecule has 2 aromatic carbocycles. The zero-order chi connectivity index (χ0) is 18.5. The molecule has 1 aromatic heterocycles. The van der Waals surface area contributed by atoms with Crippen molar-refractivity contribution in [2.75, 3.05) is 24.9 Å². The topological polar surface area (TPSA) is 72.5 Å². The van der Waals surface area contributed by atoms with Gasteiger partial charge >= 0.3 is 0 Å². The third-order valence-corrected chi connectivity index (χ3v) is 4.41. The number of carbonyl (C=O) groups excluding carboxylic acids is 1. The van der Waals surface area contributed by atoms with Crippen LogP contribution < -0.4 is 20.1 Å². The summed E-state index contributed by atoms with van der Waals surface area (Å²) in [6.07, 6.45) is 0. The van der Waals surface area contributed by atoms with Gasteiger partial charge in [-0.25, -0.2) is 4.98 Å². The van der Waals surface area contributed by atoms with Crippen molar-refractivity contribution in [1.82, 2.24) is 4.98 Å². The van der Waals surface area contributed by atoms with Gasteiger partial charge in [-0.1, -0.05) is 12.1 Å². The van der Waals surface area contributed by atoms with Crippen LogP contribution in [0.2, 0.25) is 0 Å². The van der Waals surface area contributed by atoms with Gasteiger partial charge in [0.1, 0.15) is 5.69 Å². The van der Waals surface area contributed by atoms with Gasteiger partial charge in [-0.05, 0) is 36.8 Å². The molecule has 3 rings (SSSR count). The van der Waals surface area contributed by atoms with E-state index in [2.05, 4.69) is 15.6 Å². The second-order valence-electron chi connectivity index (χ2n) is 5.56. The van der Waals surface area contributed by atoms with E-state index in [9.17, 15) is 4.79 Å². The van der Waals surface area contributed by atoms with Crippen molar-refractivity contribution in [1.29, 1.82) is 0 Å². The molecule has 0 aliphatic heterocycles. The third kappa shape index (κ3) is 4.12. The summed E-state index contributed by atoms with van der Waals surface area (Å²) in [7, 11) is 3.17. The first-order chi connectivity index (χ1) is 12.6. The molecule has 0 saturated carbocycles. The number of amides is 1. The standard InChI is InChI=1S/C19H19N3O3S/c1-12-5-4-6-13(9-12)20-18(23)15-11-26-19(22-15)21-14-7-8-16(24-2)17(10-14)25-3/h4-11H,1-3H3,(H,20,23)(H,21,22). The van der Waals surface area contributed by atoms with Gasteiger partial charge in [0.25, 0.3) is 5.91 Å². The van der Waals surface area contributed by atoms with Crippen LogP contribution in [0, 0.1) is 6.92 Å². The van der Waals surface area contributed by atoms with E-state index in [0.717, 1.165) is 16.9 Å². The number of hydrogen-bond acceptors (Lipinski definition) is 6. The summed E-state index contributed by atoms with van der Waals surface area (Å²) < 4.78 is 10.5. The molecule has 134 valence electrons. The van der Waals surface area contributed by atoms with Crippen molar-refractivity contribution in [3.63, 3.8) is 0 Å². The molecule has 0 spiro atoms. The number of benzene rings is 2. The normalized spacial score (nSPS) is 10.3. The van der Waals surface area contributed by atoms with Crippen LogP contribution in [-0.4, -0.2) is 25.1 Å². The Morgan fingerprint density at radius 3 is 2.58 bits per heavy atom. The van der Waals surface area contributed by atoms with Gasteiger partial charge in [-0.2, -0.15) is 0 Å². The van der Waals surface area contributed by atoms with Crippen molar-refractivity contribution in [2.45, 2.75) is 6.92 Å². The fourth-order valence-corrected chi connectivity index (χ4v) is 3.10. The molecule has 0 saturated heterocycles. The number of nitrogens with one attached hydrogen (secondary N) is 2. The Hall–Kier alpha value is -3.06. The molecule has 0 atom stereocenters. The van der Waals surface area contributed by atoms with Crippen LogP contribution in [0.25, 0.3) is 0 Å². The van der Waals surface area contributed by atoms with Crippen LogP contribution in [0.4, 0.5) is 16.5 Å². The first-order valence-electron chi connectivity index (χ1n) is 7.91. The molecule has 26 heavy (non-hydrogen) atoms. The van der Waals surface area contributed by atoms with Crippen LogP contribution in [0.15, 0.2) is 47.8 Å². The Kier molecular flexibility index (Phi) is 5.38. The molecule has 0 unspecified atom stereocenters. The number of ether oxygens (including phenoxy) is 2. The maximum Gasteiger partial charge on any atom is 0.275 e. The lowest BCUT2D eigenvalue weighted by atomic mass is 10.2. The number of anilines is 3. The van der Waals surface area contributed by atoms with Crippen molar-refractivity contribution in [2.24, 2.45) is 0 Å². The molecule has 1 amide bonds. The number of hydrogen-bond donors (Lipinski definition) is 2. The Morgan fingerprint density at radius 1 is 1.04 bits per heavy atom. The van der Waals surface area contributed by atoms with Gasteiger partial charge in [-0.3, -0.25) is 4.79 Å². The molecule has 3 aromatic rings. The van der Waals surface area contributed by atoms with E-state index in [1.807, 2.05) is 43.3 Å². The summed E-state index contributed by atoms with van der Waals surface area (Å²) >= 11 is 1.35. The first kappa shape index (κ1) is 17.8. The van der Waals surface area contributed by atoms with Crippen molar-refractivity contribution in [3.8, 4) is 11.5 Å². The highest BCUT2D eigenvalue weighted by Gasteiger charge is 2.12. The van der Waals surface area contributed by atoms with E-state index in [-0.39, 0.29) is 5.91 Å². The van der Waals surface area contributed by atoms with Crippen LogP contribution in [0.3, 0.4) is 0 Å². The lowest BCUT2D eigenvalue weighted by molar-refractivity contribution is 0.102. The predicted octanol–water partition coefficient (Wildman–Crippen LogP) is 4.46. The molecule has 7 heteroatoms. The summed E-state index contributed by atoms with van der Waals surface area (Å²) in [4.78, 5) is 16.7. The van der Waals surface area contributed by atoms with E-state index >= 15 is 0 Å². The first-order valence-corrected chi connectivity index (χ1v) is 8.79. The molecule has 6 nitrogen and oxygen atoms in total. The lowest BCUT2D eigenvalue weighted by Gasteiger charge is -2.09. The lowest BCUT2D eigenvalue weighted by Crippen LogP contribution is -2.12. The van der Waals surface area contributed by atoms with Crippen LogP contribution in [-0.2, 0) is 0 Å². The number of carbonyl (C=O) groups is 1. The minimum absolute atomic E-state index is 0.243. The maximum absolute atomic E-state index is 12.3. The highest BCUT2D eigenvalue weighted by Crippen LogP contribution is 2.31. The molecular weight excluding hydrogens is 350 g/mol. The zero-order valence-corrected chi connectivity index (χ0v) is 15.5. The maximum atomic E-state index is 12.3. The molecule has 0 fully saturated rings. The van der Waals surface area contributed by atoms with Crippen molar-refractivity contribution >= 4 is 33.8 Å². The quantitative estimate of drug-likeness (QED) is 0.671. The fourth-order valence-electron chi connectivity index (χ4n) is 2.39. The van der Waals surface area contributed by atoms with Gasteiger partial charge < -0.3 is 20.1 Å². The average Bonchev–Trinajstić information content (AvgIpc) is 3.10. The Labute approximate surface area is 155 Å². The smallest absolute Gasteiger partial charge is 0.275 e. The summed E-state index contributed by atoms with van der Waals surface area (Å²) in [6, 6.07) is 13.1. The van der Waals surface area contributed by atoms with E-state index in [1.165, 1.54) is 11.3 Å². The molecule has 0 bridgehead atoms. The Bertz CT molecular complexity index is 924. The minimum atomic E-state index is -0.243. The van der Waals surface area contributed by atoms with Gasteiger partial charge in [0.2, 0.25) is 0 Å². The summed E-state index contributed by atoms with van der Waals surface area (Å²) in [6.45, 7) is 1.98. The molecular formula is C19H19N3O3S. The minimum Gasteiger partial charge on any atom is -0.493 e. The van der Waals surface area contributed by atoms with Gasteiger partial charge in [0.15, 0.2) is 16.6 Å². The molecule has 0 radical (unpaired) electrons. The number of nitrogens with zero attached hydrogens (tertiary/aromatic N) is 1. The van der Waals surface area contributed by atoms with E-state index < -0.39 is 0 Å². The monoisotopic (exact) mass is 369 g/mol. The van der Waals surface area contributed by atoms with Gasteiger partial charge in [-0.15, -0.1) is 11.3 Å². The van der Waals surface area contributed by atoms with Crippen LogP contribution in [0.5, 0.6) is 11.5 Å². The number of aromatic nitrogens is 1. The fraction of sp³-hybridized carbons (Fsp3) is 0.158. The Morgan fingerprint density at radius 2 is 1.85 bits per heavy atom. The Balaban J connectivity index is 1.70. The third-order valence-electron chi connectivity index (χ3n) is 3.65. The summed E-state index contributed by atoms with van der Waals surface area (Å²) in [5, 5.41) is 8.35. The van der Waals surface area contributed by atoms with E-state index in [4.69, 9.17) is 9.47 Å². The highest BCUT2D eigenvalue weighted by atomic mass is 32.1. The SMILES string of the molecule is COc1ccc(Nc2nc(C(=O)Nc3cccc(C)c3)cs2)cc1OC. The number of rotatable bonds is 6. The second-order valence-corrected chi connectivity index (χ2v) is 6.41. The zero-order valence-electron chi connectivity index (χ0n) is 14.7. The number of methoxy groups -OCH3 is 2. The van der Waals surface area contributed by atoms with Crippen molar-refractivity contribution < 1.29 is 14.3 Å². The van der Waals surface area contributed by atoms with E-state index in [1.54, 1.807) is 25.7 Å². The number of aryl methyl sites for hydroxylation is 1. The van der Waals surface area contributed by atoms with Crippen LogP contribution >= 0.6 is 11.3 Å². The highest BCUT2D eigenvalue weighted by molar-refractivity contribution is 7.14. The van der Waals surface area contributed by atoms with Gasteiger partial charge in [0, 0.05) is 22.8 Å². The molecule has 0 aliphatic carbocycles. The molecule has 1 heterocycles. The van der Waals surface area contributed by atoms with E-state index in [0.29, 0.717) is 22.3 Å². The van der Waals surface area contributed by atoms with Crippen molar-refractivity contribution in [3.05, 3.63) is 59.1 Å². The largest absolute Gasteiger partial charge is 0.493 e. The molecule has 2 N–H and O–H groups in total. The summed E-state index contributed by atoms with van der Waals surface area (Å²) in [5.41, 5.74) is 2.98. The average molecular weight is 369 g/mol. The molecule has 0 aliphatic rings.